The molecule has 0 saturated carbocycles. The first-order chi connectivity index (χ1) is 14.6. The lowest BCUT2D eigenvalue weighted by molar-refractivity contribution is -0.137. The summed E-state index contributed by atoms with van der Waals surface area (Å²) in [6.45, 7) is 2.61. The minimum atomic E-state index is -4.14. The molecule has 0 radical (unpaired) electrons. The number of carbonyl (C=O) groups is 3. The van der Waals surface area contributed by atoms with Crippen molar-refractivity contribution in [2.24, 2.45) is 10.5 Å². The monoisotopic (exact) mass is 471 g/mol. The van der Waals surface area contributed by atoms with Crippen molar-refractivity contribution >= 4 is 32.0 Å². The van der Waals surface area contributed by atoms with Crippen LogP contribution in [-0.2, 0) is 37.4 Å². The van der Waals surface area contributed by atoms with Gasteiger partial charge in [0.15, 0.2) is 0 Å². The smallest absolute Gasteiger partial charge is 0.480 e. The highest BCUT2D eigenvalue weighted by atomic mass is 31.2. The van der Waals surface area contributed by atoms with Crippen LogP contribution in [0.15, 0.2) is 4.76 Å². The number of carboxylic acid groups (broad SMARTS) is 1. The van der Waals surface area contributed by atoms with Crippen LogP contribution in [0.2, 0.25) is 0 Å². The lowest BCUT2D eigenvalue weighted by atomic mass is 10.5. The number of likely N-dealkylation sites (N-methyl/N-ethyl adjacent to an activating group) is 1. The van der Waals surface area contributed by atoms with Gasteiger partial charge in [-0.25, -0.2) is 14.2 Å². The van der Waals surface area contributed by atoms with Crippen molar-refractivity contribution in [2.75, 3.05) is 53.2 Å². The molecule has 0 atom stereocenters. The van der Waals surface area contributed by atoms with Crippen LogP contribution in [-0.4, -0.2) is 87.5 Å². The summed E-state index contributed by atoms with van der Waals surface area (Å²) in [5.74, 6) is -1.55. The highest BCUT2D eigenvalue weighted by molar-refractivity contribution is 7.52. The molecule has 180 valence electrons. The van der Waals surface area contributed by atoms with Gasteiger partial charge in [-0.05, 0) is 13.8 Å². The van der Waals surface area contributed by atoms with Crippen molar-refractivity contribution in [3.63, 3.8) is 0 Å². The minimum Gasteiger partial charge on any atom is -0.480 e. The highest BCUT2D eigenvalue weighted by Gasteiger charge is 2.26. The van der Waals surface area contributed by atoms with E-state index in [4.69, 9.17) is 29.4 Å². The fourth-order valence-corrected chi connectivity index (χ4v) is 3.00. The zero-order valence-corrected chi connectivity index (χ0v) is 18.7. The van der Waals surface area contributed by atoms with Crippen LogP contribution < -0.4 is 5.73 Å². The summed E-state index contributed by atoms with van der Waals surface area (Å²) >= 11 is 0. The van der Waals surface area contributed by atoms with Crippen molar-refractivity contribution in [3.8, 4) is 0 Å². The predicted octanol–water partition coefficient (Wildman–Crippen LogP) is 1.59. The van der Waals surface area contributed by atoms with Gasteiger partial charge in [0.25, 0.3) is 0 Å². The Morgan fingerprint density at radius 3 is 1.74 bits per heavy atom. The van der Waals surface area contributed by atoms with E-state index in [1.54, 1.807) is 13.8 Å². The number of aliphatic carboxylic acids is 1. The summed E-state index contributed by atoms with van der Waals surface area (Å²) in [6.07, 6.45) is -1.39. The van der Waals surface area contributed by atoms with Gasteiger partial charge in [-0.2, -0.15) is 0 Å². The van der Waals surface area contributed by atoms with E-state index >= 15 is 0 Å². The third-order valence-corrected chi connectivity index (χ3v) is 4.51. The number of nitrogens with two attached hydrogens (primary N) is 1. The van der Waals surface area contributed by atoms with Crippen LogP contribution >= 0.6 is 7.75 Å². The van der Waals surface area contributed by atoms with E-state index < -0.39 is 32.6 Å². The quantitative estimate of drug-likeness (QED) is 0.115. The molecule has 0 amide bonds. The Balaban J connectivity index is 4.76. The van der Waals surface area contributed by atoms with Gasteiger partial charge < -0.3 is 34.7 Å². The molecule has 31 heavy (non-hydrogen) atoms. The molecule has 0 saturated heterocycles. The van der Waals surface area contributed by atoms with Gasteiger partial charge in [0, 0.05) is 19.9 Å². The van der Waals surface area contributed by atoms with Crippen molar-refractivity contribution in [1.82, 2.24) is 4.90 Å². The molecule has 0 aromatic heterocycles. The van der Waals surface area contributed by atoms with E-state index in [0.29, 0.717) is 0 Å². The first-order valence-electron chi connectivity index (χ1n) is 9.40. The first kappa shape index (κ1) is 28.4. The molecule has 0 aromatic rings. The van der Waals surface area contributed by atoms with Crippen molar-refractivity contribution in [3.05, 3.63) is 0 Å². The van der Waals surface area contributed by atoms with Crippen LogP contribution in [0.4, 0.5) is 9.59 Å². The Bertz CT molecular complexity index is 612. The highest BCUT2D eigenvalue weighted by Crippen LogP contribution is 2.50. The van der Waals surface area contributed by atoms with Gasteiger partial charge in [0.1, 0.15) is 6.54 Å². The fraction of sp³-hybridized carbons (Fsp3) is 0.750. The molecule has 3 N–H and O–H groups in total. The average Bonchev–Trinajstić information content (AvgIpc) is 2.67. The summed E-state index contributed by atoms with van der Waals surface area (Å²) in [5, 5.41) is 8.81. The predicted molar refractivity (Wildman–Crippen MR) is 107 cm³/mol. The molecule has 0 spiro atoms. The van der Waals surface area contributed by atoms with Crippen molar-refractivity contribution in [1.29, 1.82) is 0 Å². The maximum absolute atomic E-state index is 12.9. The number of ether oxygens (including phenoxy) is 4. The minimum absolute atomic E-state index is 0.0652. The SMILES string of the molecule is CCOC(=O)OCCCOP(=O)(/N=C(\N)N(C)CC(=O)O)OCCCOC(=O)OCC. The van der Waals surface area contributed by atoms with Crippen LogP contribution in [0, 0.1) is 0 Å². The van der Waals surface area contributed by atoms with E-state index in [1.165, 1.54) is 7.05 Å². The number of nitrogens with zero attached hydrogens (tertiary/aromatic N) is 2. The summed E-state index contributed by atoms with van der Waals surface area (Å²) in [4.78, 5) is 34.0. The third-order valence-electron chi connectivity index (χ3n) is 3.04. The zero-order chi connectivity index (χ0) is 23.7. The van der Waals surface area contributed by atoms with E-state index in [1.807, 2.05) is 0 Å². The van der Waals surface area contributed by atoms with Crippen LogP contribution in [0.25, 0.3) is 0 Å². The topological polar surface area (TPSA) is 186 Å². The fourth-order valence-electron chi connectivity index (χ4n) is 1.69. The second-order valence-corrected chi connectivity index (χ2v) is 7.27. The summed E-state index contributed by atoms with van der Waals surface area (Å²) < 4.78 is 45.6. The normalized spacial score (nSPS) is 11.5. The second kappa shape index (κ2) is 16.2. The lowest BCUT2D eigenvalue weighted by Gasteiger charge is -2.19. The molecule has 15 heteroatoms. The number of hydrogen-bond acceptors (Lipinski definition) is 10. The van der Waals surface area contributed by atoms with E-state index in [-0.39, 0.29) is 58.4 Å². The van der Waals surface area contributed by atoms with Gasteiger partial charge in [0.2, 0.25) is 5.96 Å². The molecule has 0 aliphatic heterocycles. The standard InChI is InChI=1S/C16H30N3O11P/c1-4-25-15(22)27-8-6-10-29-31(24,18-14(17)19(3)12-13(20)21)30-11-7-9-28-16(23)26-5-2/h4-12H2,1-3H3,(H,20,21)(H2,17,18,24). The number of rotatable bonds is 15. The largest absolute Gasteiger partial charge is 0.508 e. The summed E-state index contributed by atoms with van der Waals surface area (Å²) in [5.41, 5.74) is 5.67. The van der Waals surface area contributed by atoms with E-state index in [9.17, 15) is 18.9 Å². The molecule has 0 unspecified atom stereocenters. The van der Waals surface area contributed by atoms with Gasteiger partial charge in [-0.3, -0.25) is 13.8 Å². The van der Waals surface area contributed by atoms with E-state index in [0.717, 1.165) is 4.90 Å². The van der Waals surface area contributed by atoms with Gasteiger partial charge in [-0.1, -0.05) is 0 Å². The molecule has 0 aliphatic carbocycles. The third kappa shape index (κ3) is 15.0. The molecular formula is C16H30N3O11P. The first-order valence-corrected chi connectivity index (χ1v) is 10.9. The van der Waals surface area contributed by atoms with Crippen LogP contribution in [0.5, 0.6) is 0 Å². The van der Waals surface area contributed by atoms with Crippen molar-refractivity contribution in [2.45, 2.75) is 26.7 Å². The Hall–Kier alpha value is -2.57. The van der Waals surface area contributed by atoms with E-state index in [2.05, 4.69) is 14.2 Å². The Morgan fingerprint density at radius 1 is 0.903 bits per heavy atom. The lowest BCUT2D eigenvalue weighted by Crippen LogP contribution is -2.37. The van der Waals surface area contributed by atoms with Gasteiger partial charge in [-0.15, -0.1) is 4.76 Å². The second-order valence-electron chi connectivity index (χ2n) is 5.61. The average molecular weight is 471 g/mol. The summed E-state index contributed by atoms with van der Waals surface area (Å²) in [6, 6.07) is 0. The molecule has 0 aromatic carbocycles. The van der Waals surface area contributed by atoms with Gasteiger partial charge >= 0.3 is 26.0 Å². The van der Waals surface area contributed by atoms with Crippen LogP contribution in [0.3, 0.4) is 0 Å². The Labute approximate surface area is 180 Å². The molecule has 0 heterocycles. The number of carbonyl (C=O) groups excluding carboxylic acids is 2. The van der Waals surface area contributed by atoms with Crippen molar-refractivity contribution < 1.29 is 52.1 Å². The number of hydrogen-bond donors (Lipinski definition) is 2. The molecule has 14 nitrogen and oxygen atoms in total. The van der Waals surface area contributed by atoms with Crippen LogP contribution in [0.1, 0.15) is 26.7 Å². The maximum Gasteiger partial charge on any atom is 0.508 e. The molecule has 0 bridgehead atoms. The molecular weight excluding hydrogens is 441 g/mol. The Morgan fingerprint density at radius 2 is 1.35 bits per heavy atom. The number of carboxylic acids is 1. The number of guanidine groups is 1. The zero-order valence-electron chi connectivity index (χ0n) is 17.8. The maximum atomic E-state index is 12.9. The molecule has 0 rings (SSSR count). The summed E-state index contributed by atoms with van der Waals surface area (Å²) in [7, 11) is -2.81. The molecule has 0 aliphatic rings. The van der Waals surface area contributed by atoms with Gasteiger partial charge in [0.05, 0.1) is 39.6 Å². The Kier molecular flexibility index (Phi) is 14.8. The molecule has 0 fully saturated rings.